The van der Waals surface area contributed by atoms with Crippen molar-refractivity contribution in [1.29, 1.82) is 0 Å². The summed E-state index contributed by atoms with van der Waals surface area (Å²) in [6.07, 6.45) is 4.37. The molecule has 3 aromatic rings. The van der Waals surface area contributed by atoms with Crippen LogP contribution in [0.3, 0.4) is 0 Å². The van der Waals surface area contributed by atoms with Crippen LogP contribution in [0.5, 0.6) is 0 Å². The van der Waals surface area contributed by atoms with Crippen LogP contribution in [0, 0.1) is 5.92 Å². The van der Waals surface area contributed by atoms with Crippen molar-refractivity contribution in [2.45, 2.75) is 12.8 Å². The van der Waals surface area contributed by atoms with E-state index in [1.54, 1.807) is 28.6 Å². The Morgan fingerprint density at radius 2 is 1.93 bits per heavy atom. The second kappa shape index (κ2) is 9.22. The minimum absolute atomic E-state index is 0.0455. The number of rotatable bonds is 5. The zero-order valence-corrected chi connectivity index (χ0v) is 17.8. The van der Waals surface area contributed by atoms with Crippen LogP contribution in [0.1, 0.15) is 11.1 Å². The predicted molar refractivity (Wildman–Crippen MR) is 119 cm³/mol. The molecule has 0 bridgehead atoms. The van der Waals surface area contributed by atoms with Crippen LogP contribution in [0.15, 0.2) is 66.3 Å². The third-order valence-corrected chi connectivity index (χ3v) is 6.46. The van der Waals surface area contributed by atoms with Gasteiger partial charge in [0, 0.05) is 44.0 Å². The molecule has 0 radical (unpaired) electrons. The highest BCUT2D eigenvalue weighted by Gasteiger charge is 2.30. The molecule has 1 atom stereocenters. The molecule has 1 fully saturated rings. The van der Waals surface area contributed by atoms with Crippen LogP contribution in [-0.4, -0.2) is 53.3 Å². The monoisotopic (exact) mass is 419 g/mol. The lowest BCUT2D eigenvalue weighted by molar-refractivity contribution is -0.133. The first-order valence-corrected chi connectivity index (χ1v) is 11.0. The third-order valence-electron chi connectivity index (χ3n) is 5.54. The van der Waals surface area contributed by atoms with E-state index < -0.39 is 0 Å². The number of aromatic nitrogens is 1. The Morgan fingerprint density at radius 3 is 2.63 bits per heavy atom. The molecule has 4 rings (SSSR count). The summed E-state index contributed by atoms with van der Waals surface area (Å²) in [6.45, 7) is 1.58. The second-order valence-corrected chi connectivity index (χ2v) is 8.66. The van der Waals surface area contributed by atoms with Gasteiger partial charge in [0.2, 0.25) is 11.8 Å². The Labute approximate surface area is 181 Å². The Balaban J connectivity index is 1.46. The molecule has 0 saturated carbocycles. The number of thiophene rings is 1. The molecule has 154 valence electrons. The summed E-state index contributed by atoms with van der Waals surface area (Å²) in [4.78, 5) is 34.7. The summed E-state index contributed by atoms with van der Waals surface area (Å²) in [5.41, 5.74) is 3.20. The number of pyridine rings is 1. The average molecular weight is 420 g/mol. The van der Waals surface area contributed by atoms with Crippen LogP contribution >= 0.6 is 11.3 Å². The maximum atomic E-state index is 12.9. The molecular weight excluding hydrogens is 394 g/mol. The second-order valence-electron chi connectivity index (χ2n) is 7.71. The van der Waals surface area contributed by atoms with Gasteiger partial charge in [-0.15, -0.1) is 11.3 Å². The largest absolute Gasteiger partial charge is 0.344 e. The lowest BCUT2D eigenvalue weighted by Crippen LogP contribution is -2.38. The molecule has 0 unspecified atom stereocenters. The molecule has 1 aliphatic heterocycles. The Bertz CT molecular complexity index is 987. The summed E-state index contributed by atoms with van der Waals surface area (Å²) in [5, 5.41) is 2.07. The van der Waals surface area contributed by atoms with Crippen LogP contribution in [0.4, 0.5) is 0 Å². The van der Waals surface area contributed by atoms with E-state index in [-0.39, 0.29) is 17.7 Å². The van der Waals surface area contributed by atoms with E-state index in [0.29, 0.717) is 32.5 Å². The fraction of sp³-hybridized carbons (Fsp3) is 0.292. The summed E-state index contributed by atoms with van der Waals surface area (Å²) in [5.74, 6) is -0.0823. The molecule has 3 heterocycles. The van der Waals surface area contributed by atoms with Gasteiger partial charge < -0.3 is 9.80 Å². The molecule has 2 aromatic heterocycles. The van der Waals surface area contributed by atoms with Crippen molar-refractivity contribution in [2.24, 2.45) is 5.92 Å². The third kappa shape index (κ3) is 4.76. The van der Waals surface area contributed by atoms with Gasteiger partial charge in [0.15, 0.2) is 0 Å². The normalized spacial score (nSPS) is 17.1. The summed E-state index contributed by atoms with van der Waals surface area (Å²) in [7, 11) is 1.82. The summed E-state index contributed by atoms with van der Waals surface area (Å²) < 4.78 is 0. The highest BCUT2D eigenvalue weighted by Crippen LogP contribution is 2.26. The zero-order chi connectivity index (χ0) is 20.9. The Morgan fingerprint density at radius 1 is 1.10 bits per heavy atom. The van der Waals surface area contributed by atoms with E-state index in [1.807, 2.05) is 30.1 Å². The molecule has 5 nitrogen and oxygen atoms in total. The Kier molecular flexibility index (Phi) is 6.23. The molecule has 30 heavy (non-hydrogen) atoms. The van der Waals surface area contributed by atoms with Gasteiger partial charge in [0.1, 0.15) is 0 Å². The van der Waals surface area contributed by atoms with E-state index in [9.17, 15) is 9.59 Å². The van der Waals surface area contributed by atoms with Crippen molar-refractivity contribution in [1.82, 2.24) is 14.8 Å². The fourth-order valence-corrected chi connectivity index (χ4v) is 4.56. The van der Waals surface area contributed by atoms with Crippen molar-refractivity contribution in [3.8, 4) is 10.4 Å². The maximum Gasteiger partial charge on any atom is 0.227 e. The molecule has 1 aromatic carbocycles. The predicted octanol–water partition coefficient (Wildman–Crippen LogP) is 3.51. The van der Waals surface area contributed by atoms with Crippen LogP contribution in [-0.2, 0) is 22.4 Å². The highest BCUT2D eigenvalue weighted by molar-refractivity contribution is 7.13. The van der Waals surface area contributed by atoms with Gasteiger partial charge in [-0.3, -0.25) is 14.6 Å². The smallest absolute Gasteiger partial charge is 0.227 e. The first kappa shape index (κ1) is 20.3. The minimum Gasteiger partial charge on any atom is -0.344 e. The van der Waals surface area contributed by atoms with Gasteiger partial charge in [0.25, 0.3) is 0 Å². The standard InChI is InChI=1S/C24H25N3O2S/c1-26-11-12-27(23(28)15-19-4-2-10-25-16-19)17-21(24(26)29)14-18-6-8-20(9-7-18)22-5-3-13-30-22/h2-10,13,16,21H,11-12,14-15,17H2,1H3/t21-/m1/s1. The number of hydrogen-bond donors (Lipinski definition) is 0. The van der Waals surface area contributed by atoms with E-state index in [0.717, 1.165) is 11.1 Å². The maximum absolute atomic E-state index is 12.9. The molecule has 2 amide bonds. The quantitative estimate of drug-likeness (QED) is 0.636. The SMILES string of the molecule is CN1CCN(C(=O)Cc2cccnc2)C[C@@H](Cc2ccc(-c3cccs3)cc2)C1=O. The van der Waals surface area contributed by atoms with Gasteiger partial charge in [0.05, 0.1) is 12.3 Å². The van der Waals surface area contributed by atoms with E-state index in [4.69, 9.17) is 0 Å². The number of hydrogen-bond acceptors (Lipinski definition) is 4. The molecule has 0 N–H and O–H groups in total. The zero-order valence-electron chi connectivity index (χ0n) is 17.0. The van der Waals surface area contributed by atoms with Gasteiger partial charge in [-0.1, -0.05) is 36.4 Å². The molecule has 0 aliphatic carbocycles. The number of nitrogens with zero attached hydrogens (tertiary/aromatic N) is 3. The van der Waals surface area contributed by atoms with Gasteiger partial charge >= 0.3 is 0 Å². The lowest BCUT2D eigenvalue weighted by atomic mass is 9.96. The number of carbonyl (C=O) groups excluding carboxylic acids is 2. The van der Waals surface area contributed by atoms with Crippen molar-refractivity contribution < 1.29 is 9.59 Å². The number of benzene rings is 1. The van der Waals surface area contributed by atoms with Gasteiger partial charge in [-0.05, 0) is 40.6 Å². The van der Waals surface area contributed by atoms with E-state index in [2.05, 4.69) is 40.7 Å². The van der Waals surface area contributed by atoms with Crippen molar-refractivity contribution in [2.75, 3.05) is 26.7 Å². The van der Waals surface area contributed by atoms with Crippen LogP contribution in [0.25, 0.3) is 10.4 Å². The topological polar surface area (TPSA) is 53.5 Å². The first-order chi connectivity index (χ1) is 14.6. The fourth-order valence-electron chi connectivity index (χ4n) is 3.83. The van der Waals surface area contributed by atoms with E-state index in [1.165, 1.54) is 10.4 Å². The average Bonchev–Trinajstić information content (AvgIpc) is 3.26. The number of amides is 2. The van der Waals surface area contributed by atoms with Gasteiger partial charge in [-0.2, -0.15) is 0 Å². The van der Waals surface area contributed by atoms with Crippen molar-refractivity contribution in [3.63, 3.8) is 0 Å². The molecular formula is C24H25N3O2S. The molecule has 0 spiro atoms. The molecule has 1 saturated heterocycles. The number of carbonyl (C=O) groups is 2. The summed E-state index contributed by atoms with van der Waals surface area (Å²) >= 11 is 1.72. The molecule has 1 aliphatic rings. The van der Waals surface area contributed by atoms with Crippen LogP contribution < -0.4 is 0 Å². The van der Waals surface area contributed by atoms with E-state index >= 15 is 0 Å². The van der Waals surface area contributed by atoms with Crippen LogP contribution in [0.2, 0.25) is 0 Å². The summed E-state index contributed by atoms with van der Waals surface area (Å²) in [6, 6.07) is 16.3. The minimum atomic E-state index is -0.233. The first-order valence-electron chi connectivity index (χ1n) is 10.1. The lowest BCUT2D eigenvalue weighted by Gasteiger charge is -2.23. The molecule has 6 heteroatoms. The Hall–Kier alpha value is -2.99. The van der Waals surface area contributed by atoms with Crippen molar-refractivity contribution >= 4 is 23.2 Å². The highest BCUT2D eigenvalue weighted by atomic mass is 32.1. The van der Waals surface area contributed by atoms with Gasteiger partial charge in [-0.25, -0.2) is 0 Å². The van der Waals surface area contributed by atoms with Crippen molar-refractivity contribution in [3.05, 3.63) is 77.4 Å². The number of likely N-dealkylation sites (N-methyl/N-ethyl adjacent to an activating group) is 1.